The molecular weight excluding hydrogens is 184 g/mol. The van der Waals surface area contributed by atoms with E-state index in [0.29, 0.717) is 0 Å². The van der Waals surface area contributed by atoms with E-state index < -0.39 is 0 Å². The normalized spacial score (nSPS) is 11.7. The first kappa shape index (κ1) is 11.2. The van der Waals surface area contributed by atoms with Crippen LogP contribution in [-0.4, -0.2) is 5.78 Å². The minimum absolute atomic E-state index is 0.0442. The molecule has 0 unspecified atom stereocenters. The minimum atomic E-state index is 0.0442. The second-order valence-corrected chi connectivity index (χ2v) is 3.16. The molecule has 0 N–H and O–H groups in total. The van der Waals surface area contributed by atoms with Gasteiger partial charge in [-0.25, -0.2) is 0 Å². The molecule has 1 nitrogen and oxygen atoms in total. The van der Waals surface area contributed by atoms with Gasteiger partial charge in [0, 0.05) is 0 Å². The van der Waals surface area contributed by atoms with Crippen LogP contribution in [-0.2, 0) is 4.79 Å². The predicted octanol–water partition coefficient (Wildman–Crippen LogP) is 3.40. The van der Waals surface area contributed by atoms with Crippen LogP contribution in [0.4, 0.5) is 0 Å². The monoisotopic (exact) mass is 198 g/mol. The Morgan fingerprint density at radius 2 is 1.93 bits per heavy atom. The number of carbonyl (C=O) groups excluding carboxylic acids is 1. The first-order valence-electron chi connectivity index (χ1n) is 4.81. The highest BCUT2D eigenvalue weighted by atomic mass is 16.1. The van der Waals surface area contributed by atoms with Gasteiger partial charge in [-0.05, 0) is 24.1 Å². The van der Waals surface area contributed by atoms with Crippen LogP contribution in [0.1, 0.15) is 12.5 Å². The standard InChI is InChI=1S/C14H14O/c1-3-13(11-7-8-12(2)15)14-9-5-4-6-10-14/h3-11H,1H2,2H3/b8-7+,13-11+. The topological polar surface area (TPSA) is 17.1 Å². The van der Waals surface area contributed by atoms with Crippen LogP contribution in [0.3, 0.4) is 0 Å². The maximum atomic E-state index is 10.7. The Kier molecular flexibility index (Phi) is 4.30. The molecule has 76 valence electrons. The molecule has 0 aliphatic carbocycles. The lowest BCUT2D eigenvalue weighted by Crippen LogP contribution is -1.80. The molecule has 0 saturated carbocycles. The molecule has 0 fully saturated rings. The summed E-state index contributed by atoms with van der Waals surface area (Å²) in [5.41, 5.74) is 2.11. The zero-order chi connectivity index (χ0) is 11.1. The Hall–Kier alpha value is -1.89. The molecule has 1 aromatic carbocycles. The second kappa shape index (κ2) is 5.76. The SMILES string of the molecule is C=C/C(=C\C=C\C(C)=O)c1ccccc1. The highest BCUT2D eigenvalue weighted by Gasteiger charge is 1.93. The smallest absolute Gasteiger partial charge is 0.152 e. The van der Waals surface area contributed by atoms with Crippen molar-refractivity contribution in [1.29, 1.82) is 0 Å². The van der Waals surface area contributed by atoms with Gasteiger partial charge in [-0.2, -0.15) is 0 Å². The van der Waals surface area contributed by atoms with Gasteiger partial charge in [-0.1, -0.05) is 55.1 Å². The van der Waals surface area contributed by atoms with Crippen LogP contribution in [0.5, 0.6) is 0 Å². The van der Waals surface area contributed by atoms with Crippen LogP contribution in [0.15, 0.2) is 61.2 Å². The highest BCUT2D eigenvalue weighted by molar-refractivity contribution is 5.88. The van der Waals surface area contributed by atoms with Crippen molar-refractivity contribution >= 4 is 11.4 Å². The predicted molar refractivity (Wildman–Crippen MR) is 64.4 cm³/mol. The third-order valence-corrected chi connectivity index (χ3v) is 1.93. The molecule has 1 aromatic rings. The van der Waals surface area contributed by atoms with Crippen LogP contribution in [0.25, 0.3) is 5.57 Å². The lowest BCUT2D eigenvalue weighted by Gasteiger charge is -1.99. The molecule has 1 heteroatoms. The molecule has 0 amide bonds. The number of rotatable bonds is 4. The number of carbonyl (C=O) groups is 1. The molecule has 0 radical (unpaired) electrons. The van der Waals surface area contributed by atoms with Crippen molar-refractivity contribution in [2.24, 2.45) is 0 Å². The summed E-state index contributed by atoms with van der Waals surface area (Å²) >= 11 is 0. The lowest BCUT2D eigenvalue weighted by molar-refractivity contribution is -0.112. The molecule has 0 saturated heterocycles. The Labute approximate surface area is 90.4 Å². The van der Waals surface area contributed by atoms with Gasteiger partial charge >= 0.3 is 0 Å². The van der Waals surface area contributed by atoms with E-state index in [1.54, 1.807) is 12.2 Å². The summed E-state index contributed by atoms with van der Waals surface area (Å²) in [5, 5.41) is 0. The summed E-state index contributed by atoms with van der Waals surface area (Å²) in [4.78, 5) is 10.7. The Morgan fingerprint density at radius 3 is 2.47 bits per heavy atom. The average Bonchev–Trinajstić information content (AvgIpc) is 2.25. The third kappa shape index (κ3) is 3.77. The van der Waals surface area contributed by atoms with E-state index in [9.17, 15) is 4.79 Å². The highest BCUT2D eigenvalue weighted by Crippen LogP contribution is 2.14. The number of ketones is 1. The largest absolute Gasteiger partial charge is 0.295 e. The Bertz CT molecular complexity index is 397. The molecule has 0 spiro atoms. The van der Waals surface area contributed by atoms with Crippen molar-refractivity contribution in [3.05, 3.63) is 66.8 Å². The molecule has 0 aromatic heterocycles. The molecule has 0 bridgehead atoms. The van der Waals surface area contributed by atoms with Gasteiger partial charge in [0.15, 0.2) is 5.78 Å². The van der Waals surface area contributed by atoms with Crippen LogP contribution in [0, 0.1) is 0 Å². The van der Waals surface area contributed by atoms with E-state index in [0.717, 1.165) is 11.1 Å². The van der Waals surface area contributed by atoms with Crippen molar-refractivity contribution in [3.8, 4) is 0 Å². The van der Waals surface area contributed by atoms with Crippen molar-refractivity contribution in [3.63, 3.8) is 0 Å². The second-order valence-electron chi connectivity index (χ2n) is 3.16. The quantitative estimate of drug-likeness (QED) is 0.535. The summed E-state index contributed by atoms with van der Waals surface area (Å²) in [6.45, 7) is 5.28. The third-order valence-electron chi connectivity index (χ3n) is 1.93. The summed E-state index contributed by atoms with van der Waals surface area (Å²) in [6, 6.07) is 9.93. The maximum absolute atomic E-state index is 10.7. The molecule has 15 heavy (non-hydrogen) atoms. The summed E-state index contributed by atoms with van der Waals surface area (Å²) in [7, 11) is 0. The number of allylic oxidation sites excluding steroid dienone is 5. The zero-order valence-corrected chi connectivity index (χ0v) is 8.81. The van der Waals surface area contributed by atoms with E-state index >= 15 is 0 Å². The first-order chi connectivity index (χ1) is 7.24. The number of hydrogen-bond donors (Lipinski definition) is 0. The average molecular weight is 198 g/mol. The first-order valence-corrected chi connectivity index (χ1v) is 4.81. The van der Waals surface area contributed by atoms with E-state index in [1.165, 1.54) is 13.0 Å². The van der Waals surface area contributed by atoms with E-state index in [2.05, 4.69) is 6.58 Å². The van der Waals surface area contributed by atoms with E-state index in [1.807, 2.05) is 36.4 Å². The molecule has 0 aliphatic heterocycles. The lowest BCUT2D eigenvalue weighted by atomic mass is 10.1. The van der Waals surface area contributed by atoms with Crippen molar-refractivity contribution in [2.45, 2.75) is 6.92 Å². The van der Waals surface area contributed by atoms with Crippen LogP contribution >= 0.6 is 0 Å². The van der Waals surface area contributed by atoms with Crippen molar-refractivity contribution < 1.29 is 4.79 Å². The van der Waals surface area contributed by atoms with Gasteiger partial charge in [0.1, 0.15) is 0 Å². The molecule has 1 rings (SSSR count). The fourth-order valence-electron chi connectivity index (χ4n) is 1.20. The van der Waals surface area contributed by atoms with E-state index in [-0.39, 0.29) is 5.78 Å². The zero-order valence-electron chi connectivity index (χ0n) is 8.81. The Balaban J connectivity index is 2.90. The summed E-state index contributed by atoms with van der Waals surface area (Å²) in [6.07, 6.45) is 6.93. The molecule has 0 atom stereocenters. The summed E-state index contributed by atoms with van der Waals surface area (Å²) < 4.78 is 0. The van der Waals surface area contributed by atoms with Gasteiger partial charge in [-0.15, -0.1) is 0 Å². The molecule has 0 aliphatic rings. The van der Waals surface area contributed by atoms with E-state index in [4.69, 9.17) is 0 Å². The fourth-order valence-corrected chi connectivity index (χ4v) is 1.20. The van der Waals surface area contributed by atoms with Gasteiger partial charge < -0.3 is 0 Å². The van der Waals surface area contributed by atoms with Crippen molar-refractivity contribution in [1.82, 2.24) is 0 Å². The summed E-state index contributed by atoms with van der Waals surface area (Å²) in [5.74, 6) is 0.0442. The maximum Gasteiger partial charge on any atom is 0.152 e. The molecular formula is C14H14O. The van der Waals surface area contributed by atoms with Gasteiger partial charge in [0.2, 0.25) is 0 Å². The van der Waals surface area contributed by atoms with Gasteiger partial charge in [-0.3, -0.25) is 4.79 Å². The minimum Gasteiger partial charge on any atom is -0.295 e. The fraction of sp³-hybridized carbons (Fsp3) is 0.0714. The number of hydrogen-bond acceptors (Lipinski definition) is 1. The van der Waals surface area contributed by atoms with Crippen LogP contribution in [0.2, 0.25) is 0 Å². The number of benzene rings is 1. The van der Waals surface area contributed by atoms with Gasteiger partial charge in [0.25, 0.3) is 0 Å². The molecule has 0 heterocycles. The van der Waals surface area contributed by atoms with Gasteiger partial charge in [0.05, 0.1) is 0 Å². The van der Waals surface area contributed by atoms with Crippen molar-refractivity contribution in [2.75, 3.05) is 0 Å². The Morgan fingerprint density at radius 1 is 1.27 bits per heavy atom. The van der Waals surface area contributed by atoms with Crippen LogP contribution < -0.4 is 0 Å².